The van der Waals surface area contributed by atoms with Gasteiger partial charge in [-0.2, -0.15) is 0 Å². The molecule has 0 saturated heterocycles. The zero-order chi connectivity index (χ0) is 14.8. The van der Waals surface area contributed by atoms with Crippen LogP contribution in [-0.2, 0) is 6.61 Å². The van der Waals surface area contributed by atoms with Crippen molar-refractivity contribution in [2.45, 2.75) is 13.0 Å². The number of aliphatic hydroxyl groups excluding tert-OH is 1. The summed E-state index contributed by atoms with van der Waals surface area (Å²) >= 11 is 0. The molecule has 2 aromatic rings. The minimum Gasteiger partial charge on any atom is -0.406 e. The van der Waals surface area contributed by atoms with Crippen molar-refractivity contribution in [2.24, 2.45) is 0 Å². The van der Waals surface area contributed by atoms with Crippen LogP contribution in [0.3, 0.4) is 0 Å². The van der Waals surface area contributed by atoms with E-state index in [0.717, 1.165) is 12.1 Å². The summed E-state index contributed by atoms with van der Waals surface area (Å²) in [5, 5.41) is 9.15. The van der Waals surface area contributed by atoms with Crippen LogP contribution in [0.2, 0.25) is 0 Å². The molecule has 0 heterocycles. The van der Waals surface area contributed by atoms with Gasteiger partial charge < -0.3 is 9.84 Å². The average Bonchev–Trinajstić information content (AvgIpc) is 2.37. The van der Waals surface area contributed by atoms with Gasteiger partial charge in [0.2, 0.25) is 0 Å². The van der Waals surface area contributed by atoms with E-state index in [1.165, 1.54) is 24.3 Å². The molecule has 0 aliphatic carbocycles. The van der Waals surface area contributed by atoms with Crippen LogP contribution in [0.1, 0.15) is 5.56 Å². The molecule has 2 nitrogen and oxygen atoms in total. The van der Waals surface area contributed by atoms with Gasteiger partial charge in [-0.3, -0.25) is 0 Å². The van der Waals surface area contributed by atoms with Gasteiger partial charge in [-0.15, -0.1) is 13.2 Å². The van der Waals surface area contributed by atoms with Gasteiger partial charge in [0.05, 0.1) is 6.61 Å². The molecule has 0 unspecified atom stereocenters. The number of rotatable bonds is 3. The molecule has 0 atom stereocenters. The molecule has 1 N–H and O–H groups in total. The normalized spacial score (nSPS) is 11.4. The molecule has 0 radical (unpaired) electrons. The second kappa shape index (κ2) is 5.50. The molecule has 20 heavy (non-hydrogen) atoms. The highest BCUT2D eigenvalue weighted by Crippen LogP contribution is 2.29. The van der Waals surface area contributed by atoms with E-state index in [4.69, 9.17) is 5.11 Å². The van der Waals surface area contributed by atoms with Crippen molar-refractivity contribution < 1.29 is 27.4 Å². The van der Waals surface area contributed by atoms with Gasteiger partial charge in [0, 0.05) is 5.56 Å². The van der Waals surface area contributed by atoms with Gasteiger partial charge in [-0.25, -0.2) is 4.39 Å². The fourth-order valence-corrected chi connectivity index (χ4v) is 1.83. The third kappa shape index (κ3) is 3.27. The lowest BCUT2D eigenvalue weighted by molar-refractivity contribution is -0.274. The minimum atomic E-state index is -4.75. The third-order valence-electron chi connectivity index (χ3n) is 2.68. The molecule has 0 bridgehead atoms. The van der Waals surface area contributed by atoms with Gasteiger partial charge >= 0.3 is 6.36 Å². The largest absolute Gasteiger partial charge is 0.573 e. The molecular weight excluding hydrogens is 276 g/mol. The molecule has 2 rings (SSSR count). The Balaban J connectivity index is 2.33. The van der Waals surface area contributed by atoms with Crippen LogP contribution in [-0.4, -0.2) is 11.5 Å². The van der Waals surface area contributed by atoms with Crippen molar-refractivity contribution in [1.82, 2.24) is 0 Å². The summed E-state index contributed by atoms with van der Waals surface area (Å²) < 4.78 is 53.3. The number of ether oxygens (including phenoxy) is 1. The molecule has 6 heteroatoms. The minimum absolute atomic E-state index is 0.0944. The fourth-order valence-electron chi connectivity index (χ4n) is 1.83. The second-order valence-corrected chi connectivity index (χ2v) is 4.00. The zero-order valence-corrected chi connectivity index (χ0v) is 10.1. The Morgan fingerprint density at radius 1 is 1.00 bits per heavy atom. The van der Waals surface area contributed by atoms with Gasteiger partial charge in [-0.1, -0.05) is 24.3 Å². The van der Waals surface area contributed by atoms with E-state index in [1.54, 1.807) is 6.07 Å². The molecule has 0 fully saturated rings. The number of halogens is 4. The molecule has 0 aliphatic rings. The molecule has 0 aliphatic heterocycles. The van der Waals surface area contributed by atoms with E-state index in [0.29, 0.717) is 11.1 Å². The summed E-state index contributed by atoms with van der Waals surface area (Å²) in [6, 6.07) is 9.25. The Bertz CT molecular complexity index is 591. The van der Waals surface area contributed by atoms with E-state index in [-0.39, 0.29) is 11.3 Å². The molecular formula is C14H10F4O2. The van der Waals surface area contributed by atoms with Crippen molar-refractivity contribution in [3.63, 3.8) is 0 Å². The first-order chi connectivity index (χ1) is 9.40. The van der Waals surface area contributed by atoms with Crippen molar-refractivity contribution in [1.29, 1.82) is 0 Å². The summed E-state index contributed by atoms with van der Waals surface area (Å²) in [7, 11) is 0. The van der Waals surface area contributed by atoms with Crippen LogP contribution in [0.4, 0.5) is 17.6 Å². The van der Waals surface area contributed by atoms with Crippen LogP contribution in [0, 0.1) is 5.82 Å². The second-order valence-electron chi connectivity index (χ2n) is 4.00. The fraction of sp³-hybridized carbons (Fsp3) is 0.143. The van der Waals surface area contributed by atoms with E-state index >= 15 is 0 Å². The standard InChI is InChI=1S/C14H10F4O2/c15-13-3-1-2-11(12(13)8-19)9-4-6-10(7-5-9)20-14(16,17)18/h1-7,19H,8H2. The first kappa shape index (κ1) is 14.3. The number of benzene rings is 2. The highest BCUT2D eigenvalue weighted by molar-refractivity contribution is 5.68. The third-order valence-corrected chi connectivity index (χ3v) is 2.68. The number of aliphatic hydroxyl groups is 1. The average molecular weight is 286 g/mol. The number of alkyl halides is 3. The molecule has 0 saturated carbocycles. The van der Waals surface area contributed by atoms with E-state index < -0.39 is 18.8 Å². The van der Waals surface area contributed by atoms with Gasteiger partial charge in [-0.05, 0) is 29.3 Å². The number of hydrogen-bond acceptors (Lipinski definition) is 2. The maximum absolute atomic E-state index is 13.5. The van der Waals surface area contributed by atoms with Crippen LogP contribution < -0.4 is 4.74 Å². The predicted octanol–water partition coefficient (Wildman–Crippen LogP) is 3.88. The van der Waals surface area contributed by atoms with Crippen LogP contribution in [0.5, 0.6) is 5.75 Å². The molecule has 0 aromatic heterocycles. The highest BCUT2D eigenvalue weighted by atomic mass is 19.4. The summed E-state index contributed by atoms with van der Waals surface area (Å²) in [5.74, 6) is -0.927. The van der Waals surface area contributed by atoms with Crippen LogP contribution in [0.25, 0.3) is 11.1 Å². The Morgan fingerprint density at radius 3 is 2.20 bits per heavy atom. The summed E-state index contributed by atoms with van der Waals surface area (Å²) in [6.45, 7) is -0.497. The van der Waals surface area contributed by atoms with E-state index in [2.05, 4.69) is 4.74 Å². The molecule has 0 spiro atoms. The topological polar surface area (TPSA) is 29.5 Å². The lowest BCUT2D eigenvalue weighted by Gasteiger charge is -2.11. The Hall–Kier alpha value is -2.08. The maximum Gasteiger partial charge on any atom is 0.573 e. The summed E-state index contributed by atoms with van der Waals surface area (Å²) in [5.41, 5.74) is 1.01. The van der Waals surface area contributed by atoms with Crippen molar-refractivity contribution in [2.75, 3.05) is 0 Å². The first-order valence-corrected chi connectivity index (χ1v) is 5.65. The smallest absolute Gasteiger partial charge is 0.406 e. The van der Waals surface area contributed by atoms with Crippen LogP contribution >= 0.6 is 0 Å². The predicted molar refractivity (Wildman–Crippen MR) is 64.4 cm³/mol. The lowest BCUT2D eigenvalue weighted by atomic mass is 9.99. The number of hydrogen-bond donors (Lipinski definition) is 1. The monoisotopic (exact) mass is 286 g/mol. The molecule has 106 valence electrons. The van der Waals surface area contributed by atoms with E-state index in [1.807, 2.05) is 0 Å². The maximum atomic E-state index is 13.5. The SMILES string of the molecule is OCc1c(F)cccc1-c1ccc(OC(F)(F)F)cc1. The lowest BCUT2D eigenvalue weighted by Crippen LogP contribution is -2.16. The quantitative estimate of drug-likeness (QED) is 0.868. The highest BCUT2D eigenvalue weighted by Gasteiger charge is 2.30. The Kier molecular flexibility index (Phi) is 3.94. The summed E-state index contributed by atoms with van der Waals surface area (Å²) in [6.07, 6.45) is -4.75. The molecule has 2 aromatic carbocycles. The van der Waals surface area contributed by atoms with Crippen molar-refractivity contribution >= 4 is 0 Å². The van der Waals surface area contributed by atoms with Gasteiger partial charge in [0.15, 0.2) is 0 Å². The van der Waals surface area contributed by atoms with Crippen LogP contribution in [0.15, 0.2) is 42.5 Å². The molecule has 0 amide bonds. The summed E-state index contributed by atoms with van der Waals surface area (Å²) in [4.78, 5) is 0. The van der Waals surface area contributed by atoms with Gasteiger partial charge in [0.1, 0.15) is 11.6 Å². The Labute approximate surface area is 112 Å². The first-order valence-electron chi connectivity index (χ1n) is 5.65. The zero-order valence-electron chi connectivity index (χ0n) is 10.1. The van der Waals surface area contributed by atoms with E-state index in [9.17, 15) is 17.6 Å². The van der Waals surface area contributed by atoms with Crippen molar-refractivity contribution in [3.05, 3.63) is 53.8 Å². The Morgan fingerprint density at radius 2 is 1.65 bits per heavy atom. The van der Waals surface area contributed by atoms with Gasteiger partial charge in [0.25, 0.3) is 0 Å². The van der Waals surface area contributed by atoms with Crippen molar-refractivity contribution in [3.8, 4) is 16.9 Å².